The standard InChI is InChI=1S/C20H20ClNO6.Na/c1-13(27-19(25)15-5-3-2-4-6-15)28-20(26)22-12-11-17(18(23)24)14-7-9-16(21)10-8-14;/h2-10,13,17H,11-12H2,1H3,(H,22,26)(H,23,24);/q;+1/p-1. The first-order valence-corrected chi connectivity index (χ1v) is 8.91. The maximum absolute atomic E-state index is 11.9. The van der Waals surface area contributed by atoms with E-state index in [-0.39, 0.29) is 42.5 Å². The van der Waals surface area contributed by atoms with Crippen molar-refractivity contribution in [3.8, 4) is 0 Å². The van der Waals surface area contributed by atoms with Crippen LogP contribution in [0.1, 0.15) is 35.2 Å². The van der Waals surface area contributed by atoms with Crippen molar-refractivity contribution in [2.24, 2.45) is 0 Å². The Hall–Kier alpha value is -2.06. The molecule has 1 amide bonds. The van der Waals surface area contributed by atoms with Crippen molar-refractivity contribution in [2.75, 3.05) is 6.54 Å². The largest absolute Gasteiger partial charge is 1.00 e. The Labute approximate surface area is 195 Å². The van der Waals surface area contributed by atoms with E-state index in [9.17, 15) is 19.5 Å². The van der Waals surface area contributed by atoms with E-state index in [2.05, 4.69) is 5.32 Å². The average Bonchev–Trinajstić information content (AvgIpc) is 2.66. The van der Waals surface area contributed by atoms with Gasteiger partial charge in [-0.15, -0.1) is 0 Å². The number of aliphatic carboxylic acids is 1. The number of amides is 1. The smallest absolute Gasteiger partial charge is 0.549 e. The van der Waals surface area contributed by atoms with Gasteiger partial charge in [0.1, 0.15) is 0 Å². The van der Waals surface area contributed by atoms with Crippen molar-refractivity contribution in [1.82, 2.24) is 5.32 Å². The second-order valence-electron chi connectivity index (χ2n) is 5.88. The van der Waals surface area contributed by atoms with Gasteiger partial charge in [0.15, 0.2) is 0 Å². The Morgan fingerprint density at radius 2 is 1.66 bits per heavy atom. The van der Waals surface area contributed by atoms with Gasteiger partial charge in [-0.2, -0.15) is 0 Å². The number of hydrogen-bond donors (Lipinski definition) is 1. The predicted octanol–water partition coefficient (Wildman–Crippen LogP) is -0.503. The van der Waals surface area contributed by atoms with E-state index in [0.29, 0.717) is 16.1 Å². The summed E-state index contributed by atoms with van der Waals surface area (Å²) in [5, 5.41) is 14.3. The van der Waals surface area contributed by atoms with Crippen LogP contribution in [-0.2, 0) is 14.3 Å². The molecule has 0 saturated carbocycles. The molecule has 148 valence electrons. The molecule has 2 atom stereocenters. The molecule has 29 heavy (non-hydrogen) atoms. The summed E-state index contributed by atoms with van der Waals surface area (Å²) < 4.78 is 9.95. The maximum atomic E-state index is 11.9. The monoisotopic (exact) mass is 427 g/mol. The zero-order chi connectivity index (χ0) is 20.5. The van der Waals surface area contributed by atoms with Gasteiger partial charge in [-0.3, -0.25) is 0 Å². The van der Waals surface area contributed by atoms with Gasteiger partial charge in [-0.1, -0.05) is 41.9 Å². The van der Waals surface area contributed by atoms with E-state index in [1.54, 1.807) is 54.6 Å². The third-order valence-electron chi connectivity index (χ3n) is 3.81. The molecule has 9 heteroatoms. The van der Waals surface area contributed by atoms with E-state index in [1.165, 1.54) is 6.92 Å². The predicted molar refractivity (Wildman–Crippen MR) is 99.6 cm³/mol. The molecule has 1 N–H and O–H groups in total. The van der Waals surface area contributed by atoms with E-state index in [4.69, 9.17) is 21.1 Å². The van der Waals surface area contributed by atoms with Crippen LogP contribution >= 0.6 is 11.6 Å². The van der Waals surface area contributed by atoms with Gasteiger partial charge in [-0.25, -0.2) is 9.59 Å². The Balaban J connectivity index is 0.00000420. The summed E-state index contributed by atoms with van der Waals surface area (Å²) in [5.74, 6) is -2.80. The molecule has 0 heterocycles. The van der Waals surface area contributed by atoms with Gasteiger partial charge in [-0.05, 0) is 36.2 Å². The summed E-state index contributed by atoms with van der Waals surface area (Å²) >= 11 is 5.79. The molecule has 2 aromatic rings. The van der Waals surface area contributed by atoms with Gasteiger partial charge in [0, 0.05) is 30.4 Å². The molecule has 0 aromatic heterocycles. The molecule has 7 nitrogen and oxygen atoms in total. The van der Waals surface area contributed by atoms with Crippen LogP contribution in [0.25, 0.3) is 0 Å². The van der Waals surface area contributed by atoms with Crippen LogP contribution in [0.4, 0.5) is 4.79 Å². The van der Waals surface area contributed by atoms with Crippen molar-refractivity contribution < 1.29 is 58.5 Å². The van der Waals surface area contributed by atoms with Gasteiger partial charge in [0.05, 0.1) is 5.56 Å². The minimum Gasteiger partial charge on any atom is -0.549 e. The van der Waals surface area contributed by atoms with Crippen LogP contribution in [0, 0.1) is 0 Å². The minimum absolute atomic E-state index is 0. The van der Waals surface area contributed by atoms with E-state index in [1.807, 2.05) is 0 Å². The van der Waals surface area contributed by atoms with Crippen LogP contribution in [0.3, 0.4) is 0 Å². The number of alkyl carbamates (subject to hydrolysis) is 1. The molecule has 2 rings (SSSR count). The molecule has 0 radical (unpaired) electrons. The summed E-state index contributed by atoms with van der Waals surface area (Å²) in [6, 6.07) is 14.6. The quantitative estimate of drug-likeness (QED) is 0.346. The molecule has 0 aliphatic heterocycles. The number of esters is 1. The van der Waals surface area contributed by atoms with E-state index in [0.717, 1.165) is 0 Å². The number of hydrogen-bond acceptors (Lipinski definition) is 6. The van der Waals surface area contributed by atoms with Crippen molar-refractivity contribution >= 4 is 29.6 Å². The molecule has 0 saturated heterocycles. The number of nitrogens with one attached hydrogen (secondary N) is 1. The number of carboxylic acids is 1. The van der Waals surface area contributed by atoms with Crippen molar-refractivity contribution in [1.29, 1.82) is 0 Å². The zero-order valence-electron chi connectivity index (χ0n) is 16.1. The fraction of sp³-hybridized carbons (Fsp3) is 0.250. The SMILES string of the molecule is CC(OC(=O)NCCC(C(=O)[O-])c1ccc(Cl)cc1)OC(=O)c1ccccc1.[Na+]. The van der Waals surface area contributed by atoms with Crippen molar-refractivity contribution in [2.45, 2.75) is 25.6 Å². The molecular weight excluding hydrogens is 409 g/mol. The van der Waals surface area contributed by atoms with Gasteiger partial charge >= 0.3 is 41.6 Å². The van der Waals surface area contributed by atoms with Crippen LogP contribution in [-0.4, -0.2) is 30.9 Å². The van der Waals surface area contributed by atoms with Crippen LogP contribution < -0.4 is 40.0 Å². The Bertz CT molecular complexity index is 815. The van der Waals surface area contributed by atoms with Crippen LogP contribution in [0.5, 0.6) is 0 Å². The summed E-state index contributed by atoms with van der Waals surface area (Å²) in [4.78, 5) is 35.0. The van der Waals surface area contributed by atoms with Gasteiger partial charge in [0.2, 0.25) is 6.29 Å². The third-order valence-corrected chi connectivity index (χ3v) is 4.07. The molecule has 0 spiro atoms. The van der Waals surface area contributed by atoms with Crippen LogP contribution in [0.15, 0.2) is 54.6 Å². The molecule has 2 unspecified atom stereocenters. The summed E-state index contributed by atoms with van der Waals surface area (Å²) in [6.45, 7) is 1.43. The number of ether oxygens (including phenoxy) is 2. The molecule has 0 aliphatic carbocycles. The summed E-state index contributed by atoms with van der Waals surface area (Å²) in [7, 11) is 0. The number of benzene rings is 2. The topological polar surface area (TPSA) is 105 Å². The number of carbonyl (C=O) groups excluding carboxylic acids is 3. The van der Waals surface area contributed by atoms with Gasteiger partial charge < -0.3 is 24.7 Å². The normalized spacial score (nSPS) is 12.1. The number of halogens is 1. The van der Waals surface area contributed by atoms with Crippen molar-refractivity contribution in [3.05, 3.63) is 70.7 Å². The van der Waals surface area contributed by atoms with Gasteiger partial charge in [0.25, 0.3) is 0 Å². The average molecular weight is 428 g/mol. The molecular formula is C20H19ClNNaO6. The van der Waals surface area contributed by atoms with E-state index >= 15 is 0 Å². The second-order valence-corrected chi connectivity index (χ2v) is 6.32. The number of carboxylic acid groups (broad SMARTS) is 1. The Morgan fingerprint density at radius 1 is 1.03 bits per heavy atom. The first kappa shape index (κ1) is 25.0. The Morgan fingerprint density at radius 3 is 2.24 bits per heavy atom. The Kier molecular flexibility index (Phi) is 10.8. The van der Waals surface area contributed by atoms with Crippen molar-refractivity contribution in [3.63, 3.8) is 0 Å². The first-order valence-electron chi connectivity index (χ1n) is 8.53. The molecule has 0 bridgehead atoms. The molecule has 0 fully saturated rings. The number of rotatable bonds is 8. The fourth-order valence-corrected chi connectivity index (χ4v) is 2.57. The fourth-order valence-electron chi connectivity index (χ4n) is 2.44. The molecule has 2 aromatic carbocycles. The number of carbonyl (C=O) groups is 3. The summed E-state index contributed by atoms with van der Waals surface area (Å²) in [5.41, 5.74) is 0.850. The van der Waals surface area contributed by atoms with E-state index < -0.39 is 30.2 Å². The minimum atomic E-state index is -1.26. The zero-order valence-corrected chi connectivity index (χ0v) is 18.8. The van der Waals surface area contributed by atoms with Crippen LogP contribution in [0.2, 0.25) is 5.02 Å². The third kappa shape index (κ3) is 8.45. The maximum Gasteiger partial charge on any atom is 1.00 e. The second kappa shape index (κ2) is 12.5. The first-order chi connectivity index (χ1) is 13.4. The summed E-state index contributed by atoms with van der Waals surface area (Å²) in [6.07, 6.45) is -1.85. The molecule has 0 aliphatic rings.